The number of nitrogens with zero attached hydrogens (tertiary/aromatic N) is 2. The van der Waals surface area contributed by atoms with Crippen molar-refractivity contribution in [3.63, 3.8) is 0 Å². The Morgan fingerprint density at radius 3 is 2.53 bits per heavy atom. The molecule has 1 heterocycles. The lowest BCUT2D eigenvalue weighted by Crippen LogP contribution is -2.38. The van der Waals surface area contributed by atoms with Gasteiger partial charge < -0.3 is 5.32 Å². The van der Waals surface area contributed by atoms with Crippen molar-refractivity contribution in [1.82, 2.24) is 10.2 Å². The van der Waals surface area contributed by atoms with Crippen molar-refractivity contribution in [2.24, 2.45) is 5.92 Å². The number of amides is 1. The monoisotopic (exact) mass is 407 g/mol. The number of nitriles is 1. The van der Waals surface area contributed by atoms with Gasteiger partial charge in [0.15, 0.2) is 0 Å². The molecule has 1 aromatic carbocycles. The van der Waals surface area contributed by atoms with E-state index < -0.39 is 0 Å². The molecule has 1 fully saturated rings. The second-order valence-corrected chi connectivity index (χ2v) is 9.24. The zero-order valence-electron chi connectivity index (χ0n) is 18.8. The number of hydrogen-bond acceptors (Lipinski definition) is 3. The van der Waals surface area contributed by atoms with E-state index >= 15 is 0 Å². The Morgan fingerprint density at radius 2 is 1.90 bits per heavy atom. The highest BCUT2D eigenvalue weighted by atomic mass is 16.1. The lowest BCUT2D eigenvalue weighted by molar-refractivity contribution is -0.122. The summed E-state index contributed by atoms with van der Waals surface area (Å²) in [6.45, 7) is 7.78. The first kappa shape index (κ1) is 22.6. The van der Waals surface area contributed by atoms with Crippen LogP contribution in [0.4, 0.5) is 0 Å². The summed E-state index contributed by atoms with van der Waals surface area (Å²) in [5.74, 6) is 0.912. The molecule has 30 heavy (non-hydrogen) atoms. The molecule has 0 spiro atoms. The highest BCUT2D eigenvalue weighted by Crippen LogP contribution is 2.29. The van der Waals surface area contributed by atoms with Crippen molar-refractivity contribution < 1.29 is 4.79 Å². The van der Waals surface area contributed by atoms with Crippen LogP contribution in [0.3, 0.4) is 0 Å². The SMILES string of the molecule is Cc1cc(C)cc(C2=CCN(CC[C@H]3CC[C@H](NC(=O)CCCC#N)CC3)CC2)c1. The zero-order valence-corrected chi connectivity index (χ0v) is 18.8. The first-order chi connectivity index (χ1) is 14.5. The van der Waals surface area contributed by atoms with Gasteiger partial charge in [-0.2, -0.15) is 5.26 Å². The molecule has 4 nitrogen and oxygen atoms in total. The summed E-state index contributed by atoms with van der Waals surface area (Å²) in [6.07, 6.45) is 11.1. The van der Waals surface area contributed by atoms with E-state index in [1.54, 1.807) is 0 Å². The lowest BCUT2D eigenvalue weighted by atomic mass is 9.84. The van der Waals surface area contributed by atoms with Gasteiger partial charge in [0, 0.05) is 32.0 Å². The predicted molar refractivity (Wildman–Crippen MR) is 123 cm³/mol. The Bertz CT molecular complexity index is 764. The molecule has 4 heteroatoms. The maximum Gasteiger partial charge on any atom is 0.220 e. The molecule has 2 aliphatic rings. The summed E-state index contributed by atoms with van der Waals surface area (Å²) in [6, 6.07) is 9.32. The van der Waals surface area contributed by atoms with Crippen LogP contribution in [0.1, 0.15) is 74.5 Å². The molecule has 1 aliphatic carbocycles. The molecule has 0 atom stereocenters. The summed E-state index contributed by atoms with van der Waals surface area (Å²) in [7, 11) is 0. The standard InChI is InChI=1S/C26H37N3O/c1-20-17-21(2)19-24(18-20)23-11-15-29(16-12-23)14-10-22-6-8-25(9-7-22)28-26(30)5-3-4-13-27/h11,17-19,22,25H,3-10,12,14-16H2,1-2H3,(H,28,30)/t22-,25-. The van der Waals surface area contributed by atoms with Gasteiger partial charge in [0.1, 0.15) is 0 Å². The van der Waals surface area contributed by atoms with E-state index in [1.165, 1.54) is 48.1 Å². The van der Waals surface area contributed by atoms with Crippen molar-refractivity contribution >= 4 is 11.5 Å². The van der Waals surface area contributed by atoms with Crippen LogP contribution in [-0.2, 0) is 4.79 Å². The Kier molecular flexibility index (Phi) is 8.51. The minimum atomic E-state index is 0.119. The van der Waals surface area contributed by atoms with E-state index in [2.05, 4.69) is 54.4 Å². The number of unbranched alkanes of at least 4 members (excludes halogenated alkanes) is 1. The minimum Gasteiger partial charge on any atom is -0.353 e. The third-order valence-electron chi connectivity index (χ3n) is 6.64. The fraction of sp³-hybridized carbons (Fsp3) is 0.615. The van der Waals surface area contributed by atoms with Crippen LogP contribution >= 0.6 is 0 Å². The quantitative estimate of drug-likeness (QED) is 0.606. The Morgan fingerprint density at radius 1 is 1.17 bits per heavy atom. The molecule has 1 amide bonds. The van der Waals surface area contributed by atoms with Crippen molar-refractivity contribution in [2.75, 3.05) is 19.6 Å². The lowest BCUT2D eigenvalue weighted by Gasteiger charge is -2.32. The van der Waals surface area contributed by atoms with Gasteiger partial charge in [0.2, 0.25) is 5.91 Å². The number of rotatable bonds is 8. The van der Waals surface area contributed by atoms with Gasteiger partial charge in [-0.25, -0.2) is 0 Å². The first-order valence-electron chi connectivity index (χ1n) is 11.7. The van der Waals surface area contributed by atoms with Crippen LogP contribution in [0, 0.1) is 31.1 Å². The average molecular weight is 408 g/mol. The number of benzene rings is 1. The van der Waals surface area contributed by atoms with E-state index in [-0.39, 0.29) is 5.91 Å². The normalized spacial score (nSPS) is 22.2. The van der Waals surface area contributed by atoms with Crippen molar-refractivity contribution in [3.8, 4) is 6.07 Å². The molecule has 0 unspecified atom stereocenters. The fourth-order valence-electron chi connectivity index (χ4n) is 4.93. The second-order valence-electron chi connectivity index (χ2n) is 9.24. The number of aryl methyl sites for hydroxylation is 2. The largest absolute Gasteiger partial charge is 0.353 e. The third-order valence-corrected chi connectivity index (χ3v) is 6.64. The Labute approximate surface area is 182 Å². The van der Waals surface area contributed by atoms with Crippen LogP contribution in [0.5, 0.6) is 0 Å². The van der Waals surface area contributed by atoms with E-state index in [0.29, 0.717) is 25.3 Å². The Hall–Kier alpha value is -2.12. The van der Waals surface area contributed by atoms with Gasteiger partial charge in [-0.1, -0.05) is 35.4 Å². The molecule has 162 valence electrons. The van der Waals surface area contributed by atoms with E-state index in [9.17, 15) is 4.79 Å². The number of nitrogens with one attached hydrogen (secondary N) is 1. The van der Waals surface area contributed by atoms with Gasteiger partial charge in [0.05, 0.1) is 6.07 Å². The number of carbonyl (C=O) groups excluding carboxylic acids is 1. The number of carbonyl (C=O) groups is 1. The molecular weight excluding hydrogens is 370 g/mol. The molecule has 0 aromatic heterocycles. The third kappa shape index (κ3) is 6.99. The molecular formula is C26H37N3O. The second kappa shape index (κ2) is 11.3. The molecule has 1 saturated carbocycles. The predicted octanol–water partition coefficient (Wildman–Crippen LogP) is 5.15. The van der Waals surface area contributed by atoms with Crippen molar-refractivity contribution in [1.29, 1.82) is 5.26 Å². The maximum absolute atomic E-state index is 11.9. The van der Waals surface area contributed by atoms with Crippen LogP contribution < -0.4 is 5.32 Å². The highest BCUT2D eigenvalue weighted by molar-refractivity contribution is 5.76. The molecule has 1 N–H and O–H groups in total. The number of hydrogen-bond donors (Lipinski definition) is 1. The van der Waals surface area contributed by atoms with Crippen molar-refractivity contribution in [2.45, 2.75) is 77.7 Å². The van der Waals surface area contributed by atoms with Crippen LogP contribution in [0.15, 0.2) is 24.3 Å². The average Bonchev–Trinajstić information content (AvgIpc) is 2.73. The van der Waals surface area contributed by atoms with Crippen LogP contribution in [0.2, 0.25) is 0 Å². The smallest absolute Gasteiger partial charge is 0.220 e. The first-order valence-corrected chi connectivity index (χ1v) is 11.7. The van der Waals surface area contributed by atoms with Crippen LogP contribution in [0.25, 0.3) is 5.57 Å². The van der Waals surface area contributed by atoms with Gasteiger partial charge in [-0.3, -0.25) is 9.69 Å². The van der Waals surface area contributed by atoms with Crippen LogP contribution in [-0.4, -0.2) is 36.5 Å². The van der Waals surface area contributed by atoms with Gasteiger partial charge in [-0.15, -0.1) is 0 Å². The van der Waals surface area contributed by atoms with Gasteiger partial charge in [0.25, 0.3) is 0 Å². The molecule has 0 bridgehead atoms. The highest BCUT2D eigenvalue weighted by Gasteiger charge is 2.23. The topological polar surface area (TPSA) is 56.1 Å². The summed E-state index contributed by atoms with van der Waals surface area (Å²) < 4.78 is 0. The fourth-order valence-corrected chi connectivity index (χ4v) is 4.93. The summed E-state index contributed by atoms with van der Waals surface area (Å²) in [5.41, 5.74) is 5.61. The van der Waals surface area contributed by atoms with E-state index in [4.69, 9.17) is 5.26 Å². The van der Waals surface area contributed by atoms with E-state index in [1.807, 2.05) is 0 Å². The molecule has 0 saturated heterocycles. The maximum atomic E-state index is 11.9. The van der Waals surface area contributed by atoms with Crippen molar-refractivity contribution in [3.05, 3.63) is 41.0 Å². The summed E-state index contributed by atoms with van der Waals surface area (Å²) >= 11 is 0. The Balaban J connectivity index is 1.35. The summed E-state index contributed by atoms with van der Waals surface area (Å²) in [5, 5.41) is 11.7. The van der Waals surface area contributed by atoms with E-state index in [0.717, 1.165) is 38.3 Å². The minimum absolute atomic E-state index is 0.119. The summed E-state index contributed by atoms with van der Waals surface area (Å²) in [4.78, 5) is 14.5. The molecule has 0 radical (unpaired) electrons. The molecule has 3 rings (SSSR count). The van der Waals surface area contributed by atoms with Gasteiger partial charge in [-0.05, 0) is 82.4 Å². The molecule has 1 aromatic rings. The van der Waals surface area contributed by atoms with Gasteiger partial charge >= 0.3 is 0 Å². The molecule has 1 aliphatic heterocycles. The zero-order chi connectivity index (χ0) is 21.3.